The fraction of sp³-hybridized carbons (Fsp3) is 0.308. The Kier molecular flexibility index (Phi) is 6.29. The lowest BCUT2D eigenvalue weighted by Crippen LogP contribution is -2.41. The quantitative estimate of drug-likeness (QED) is 0.272. The summed E-state index contributed by atoms with van der Waals surface area (Å²) in [6, 6.07) is 10.5. The SMILES string of the molecule is CNC(=O)C12CC1[C@@H](n1cnc3c(NCc4cccc(Cl)c4)nc(C#Cc4ccc(Cl)s4)nc31)[C@H](O)[C@@H]2O. The minimum absolute atomic E-state index is 0.249. The zero-order valence-electron chi connectivity index (χ0n) is 20.0. The summed E-state index contributed by atoms with van der Waals surface area (Å²) in [7, 11) is 1.53. The van der Waals surface area contributed by atoms with Gasteiger partial charge in [-0.25, -0.2) is 15.0 Å². The molecule has 12 heteroatoms. The number of halogens is 2. The van der Waals surface area contributed by atoms with Gasteiger partial charge in [0.2, 0.25) is 11.7 Å². The van der Waals surface area contributed by atoms with Crippen LogP contribution in [0.3, 0.4) is 0 Å². The maximum atomic E-state index is 12.6. The first-order chi connectivity index (χ1) is 18.3. The largest absolute Gasteiger partial charge is 0.389 e. The lowest BCUT2D eigenvalue weighted by atomic mass is 9.98. The van der Waals surface area contributed by atoms with Crippen molar-refractivity contribution in [2.45, 2.75) is 31.2 Å². The number of imidazole rings is 1. The topological polar surface area (TPSA) is 125 Å². The highest BCUT2D eigenvalue weighted by atomic mass is 35.5. The monoisotopic (exact) mass is 568 g/mol. The lowest BCUT2D eigenvalue weighted by molar-refractivity contribution is -0.132. The first-order valence-electron chi connectivity index (χ1n) is 11.9. The number of nitrogens with zero attached hydrogens (tertiary/aromatic N) is 4. The van der Waals surface area contributed by atoms with Crippen LogP contribution in [0.15, 0.2) is 42.7 Å². The zero-order valence-corrected chi connectivity index (χ0v) is 22.3. The number of anilines is 1. The van der Waals surface area contributed by atoms with Crippen LogP contribution in [-0.4, -0.2) is 54.9 Å². The first kappa shape index (κ1) is 25.1. The normalized spacial score (nSPS) is 25.5. The van der Waals surface area contributed by atoms with E-state index >= 15 is 0 Å². The first-order valence-corrected chi connectivity index (χ1v) is 13.5. The number of aliphatic hydroxyl groups excluding tert-OH is 2. The Hall–Kier alpha value is -3.20. The molecule has 38 heavy (non-hydrogen) atoms. The third-order valence-corrected chi connectivity index (χ3v) is 8.67. The molecule has 2 aliphatic rings. The van der Waals surface area contributed by atoms with Crippen LogP contribution in [-0.2, 0) is 11.3 Å². The molecule has 2 saturated carbocycles. The van der Waals surface area contributed by atoms with Crippen LogP contribution in [0.4, 0.5) is 5.82 Å². The number of fused-ring (bicyclic) bond motifs is 2. The molecule has 3 heterocycles. The molecule has 0 aliphatic heterocycles. The van der Waals surface area contributed by atoms with Crippen molar-refractivity contribution in [2.24, 2.45) is 11.3 Å². The molecule has 0 saturated heterocycles. The third kappa shape index (κ3) is 4.11. The van der Waals surface area contributed by atoms with Crippen molar-refractivity contribution < 1.29 is 15.0 Å². The van der Waals surface area contributed by atoms with Crippen molar-refractivity contribution in [3.05, 3.63) is 68.3 Å². The Labute approximate surface area is 231 Å². The molecule has 0 spiro atoms. The van der Waals surface area contributed by atoms with Gasteiger partial charge in [-0.3, -0.25) is 4.79 Å². The number of rotatable bonds is 5. The van der Waals surface area contributed by atoms with Crippen LogP contribution in [0.1, 0.15) is 28.7 Å². The van der Waals surface area contributed by atoms with E-state index in [1.165, 1.54) is 18.4 Å². The summed E-state index contributed by atoms with van der Waals surface area (Å²) in [5.41, 5.74) is 0.860. The van der Waals surface area contributed by atoms with Crippen molar-refractivity contribution in [3.63, 3.8) is 0 Å². The van der Waals surface area contributed by atoms with Gasteiger partial charge in [-0.1, -0.05) is 35.3 Å². The third-order valence-electron chi connectivity index (χ3n) is 7.28. The van der Waals surface area contributed by atoms with E-state index in [1.807, 2.05) is 24.3 Å². The summed E-state index contributed by atoms with van der Waals surface area (Å²) >= 11 is 13.5. The molecular weight excluding hydrogens is 547 g/mol. The van der Waals surface area contributed by atoms with Crippen LogP contribution < -0.4 is 10.6 Å². The second-order valence-electron chi connectivity index (χ2n) is 9.41. The number of nitrogens with one attached hydrogen (secondary N) is 2. The smallest absolute Gasteiger partial charge is 0.229 e. The minimum atomic E-state index is -1.19. The summed E-state index contributed by atoms with van der Waals surface area (Å²) in [5.74, 6) is 6.21. The number of amides is 1. The van der Waals surface area contributed by atoms with Gasteiger partial charge in [-0.05, 0) is 48.1 Å². The molecular formula is C26H22Cl2N6O3S. The molecule has 2 aliphatic carbocycles. The van der Waals surface area contributed by atoms with Crippen molar-refractivity contribution in [3.8, 4) is 11.8 Å². The number of aliphatic hydroxyl groups is 2. The maximum Gasteiger partial charge on any atom is 0.229 e. The van der Waals surface area contributed by atoms with Gasteiger partial charge in [0.25, 0.3) is 0 Å². The second kappa shape index (κ2) is 9.52. The predicted octanol–water partition coefficient (Wildman–Crippen LogP) is 3.24. The highest BCUT2D eigenvalue weighted by molar-refractivity contribution is 7.16. The number of thiophene rings is 1. The van der Waals surface area contributed by atoms with E-state index in [-0.39, 0.29) is 17.6 Å². The number of hydrogen-bond donors (Lipinski definition) is 4. The fourth-order valence-corrected chi connectivity index (χ4v) is 6.54. The van der Waals surface area contributed by atoms with Crippen LogP contribution in [0, 0.1) is 23.2 Å². The van der Waals surface area contributed by atoms with Crippen LogP contribution in [0.5, 0.6) is 0 Å². The lowest BCUT2D eigenvalue weighted by Gasteiger charge is -2.23. The molecule has 0 radical (unpaired) electrons. The van der Waals surface area contributed by atoms with Gasteiger partial charge in [0, 0.05) is 24.5 Å². The van der Waals surface area contributed by atoms with Crippen LogP contribution >= 0.6 is 34.5 Å². The number of hydrogen-bond acceptors (Lipinski definition) is 8. The van der Waals surface area contributed by atoms with Crippen LogP contribution in [0.2, 0.25) is 9.36 Å². The van der Waals surface area contributed by atoms with Crippen molar-refractivity contribution in [2.75, 3.05) is 12.4 Å². The molecule has 1 amide bonds. The van der Waals surface area contributed by atoms with E-state index < -0.39 is 23.7 Å². The van der Waals surface area contributed by atoms with E-state index in [2.05, 4.69) is 37.4 Å². The highest BCUT2D eigenvalue weighted by Gasteiger charge is 2.75. The molecule has 1 aromatic carbocycles. The van der Waals surface area contributed by atoms with E-state index in [0.29, 0.717) is 39.3 Å². The molecule has 2 fully saturated rings. The minimum Gasteiger partial charge on any atom is -0.389 e. The van der Waals surface area contributed by atoms with Gasteiger partial charge in [-0.2, -0.15) is 0 Å². The Morgan fingerprint density at radius 3 is 2.82 bits per heavy atom. The molecule has 2 unspecified atom stereocenters. The molecule has 0 bridgehead atoms. The van der Waals surface area contributed by atoms with Crippen molar-refractivity contribution in [1.29, 1.82) is 0 Å². The summed E-state index contributed by atoms with van der Waals surface area (Å²) < 4.78 is 2.36. The van der Waals surface area contributed by atoms with Gasteiger partial charge < -0.3 is 25.4 Å². The average Bonchev–Trinajstić information content (AvgIpc) is 3.15. The number of carbonyl (C=O) groups is 1. The molecule has 4 aromatic rings. The van der Waals surface area contributed by atoms with Gasteiger partial charge in [0.1, 0.15) is 6.10 Å². The average molecular weight is 569 g/mol. The summed E-state index contributed by atoms with van der Waals surface area (Å²) in [6.07, 6.45) is -0.325. The Balaban J connectivity index is 1.41. The molecule has 3 aromatic heterocycles. The zero-order chi connectivity index (χ0) is 26.6. The molecule has 194 valence electrons. The van der Waals surface area contributed by atoms with E-state index in [4.69, 9.17) is 23.2 Å². The van der Waals surface area contributed by atoms with E-state index in [1.54, 1.807) is 23.0 Å². The Morgan fingerprint density at radius 1 is 1.24 bits per heavy atom. The van der Waals surface area contributed by atoms with Gasteiger partial charge in [0.15, 0.2) is 17.0 Å². The molecule has 9 nitrogen and oxygen atoms in total. The van der Waals surface area contributed by atoms with Gasteiger partial charge >= 0.3 is 0 Å². The maximum absolute atomic E-state index is 12.6. The fourth-order valence-electron chi connectivity index (χ4n) is 5.43. The summed E-state index contributed by atoms with van der Waals surface area (Å²) in [4.78, 5) is 27.2. The van der Waals surface area contributed by atoms with E-state index in [0.717, 1.165) is 10.4 Å². The number of aromatic nitrogens is 4. The summed E-state index contributed by atoms with van der Waals surface area (Å²) in [6.45, 7) is 0.431. The second-order valence-corrected chi connectivity index (χ2v) is 11.6. The Morgan fingerprint density at radius 2 is 2.08 bits per heavy atom. The standard InChI is InChI=1S/C26H22Cl2N6O3S/c1-29-25(37)26-10-16(26)20(21(35)22(26)36)34-12-31-19-23(30-11-13-3-2-4-14(27)9-13)32-18(33-24(19)34)8-6-15-5-7-17(28)38-15/h2-5,7,9,12,16,20-22,35-36H,10-11H2,1H3,(H,29,37)(H,30,32,33)/t16?,20-,21+,22+,26?/m1/s1. The number of benzene rings is 1. The highest BCUT2D eigenvalue weighted by Crippen LogP contribution is 2.67. The number of carbonyl (C=O) groups excluding carboxylic acids is 1. The van der Waals surface area contributed by atoms with Gasteiger partial charge in [-0.15, -0.1) is 11.3 Å². The van der Waals surface area contributed by atoms with Crippen molar-refractivity contribution in [1.82, 2.24) is 24.8 Å². The molecule has 5 atom stereocenters. The van der Waals surface area contributed by atoms with Gasteiger partial charge in [0.05, 0.1) is 33.1 Å². The summed E-state index contributed by atoms with van der Waals surface area (Å²) in [5, 5.41) is 28.4. The van der Waals surface area contributed by atoms with Crippen molar-refractivity contribution >= 4 is 57.4 Å². The Bertz CT molecular complexity index is 1630. The van der Waals surface area contributed by atoms with Crippen LogP contribution in [0.25, 0.3) is 11.2 Å². The van der Waals surface area contributed by atoms with E-state index in [9.17, 15) is 15.0 Å². The molecule has 6 rings (SSSR count). The molecule has 4 N–H and O–H groups in total. The predicted molar refractivity (Wildman–Crippen MR) is 145 cm³/mol.